The molecule has 2 aromatic carbocycles. The normalized spacial score (nSPS) is 11.4. The molecule has 11 heteroatoms. The molecule has 0 unspecified atom stereocenters. The average Bonchev–Trinajstić information content (AvgIpc) is 3.28. The number of rotatable bonds is 8. The molecule has 3 heterocycles. The van der Waals surface area contributed by atoms with E-state index in [-0.39, 0.29) is 27.7 Å². The van der Waals surface area contributed by atoms with Gasteiger partial charge in [0.25, 0.3) is 0 Å². The number of hydrogen-bond donors (Lipinski definition) is 2. The number of aryl methyl sites for hydroxylation is 1. The first-order valence-corrected chi connectivity index (χ1v) is 13.0. The Morgan fingerprint density at radius 2 is 1.76 bits per heavy atom. The highest BCUT2D eigenvalue weighted by Crippen LogP contribution is 2.35. The van der Waals surface area contributed by atoms with Crippen molar-refractivity contribution in [1.29, 1.82) is 0 Å². The number of nitrogens with zero attached hydrogens (tertiary/aromatic N) is 4. The molecule has 2 N–H and O–H groups in total. The topological polar surface area (TPSA) is 136 Å². The van der Waals surface area contributed by atoms with Crippen LogP contribution in [0.1, 0.15) is 15.9 Å². The summed E-state index contributed by atoms with van der Waals surface area (Å²) in [4.78, 5) is 20.7. The maximum Gasteiger partial charge on any atom is 0.339 e. The predicted octanol–water partition coefficient (Wildman–Crippen LogP) is 4.18. The van der Waals surface area contributed by atoms with E-state index in [1.807, 2.05) is 30.3 Å². The van der Waals surface area contributed by atoms with Crippen molar-refractivity contribution in [3.8, 4) is 17.0 Å². The number of carbonyl (C=O) groups is 1. The molecule has 0 radical (unpaired) electrons. The summed E-state index contributed by atoms with van der Waals surface area (Å²) in [5.41, 5.74) is 2.41. The van der Waals surface area contributed by atoms with Crippen LogP contribution in [0.15, 0.2) is 89.0 Å². The SMILES string of the molecule is COc1ccc(S(=O)(=O)c2ncccc2CNc2c(C(=O)O)cnc3c2c(-c2ccccc2)nn3C)cc1. The number of benzene rings is 2. The molecular weight excluding hydrogens is 506 g/mol. The van der Waals surface area contributed by atoms with Crippen LogP contribution in [0.25, 0.3) is 22.3 Å². The van der Waals surface area contributed by atoms with Crippen molar-refractivity contribution in [2.24, 2.45) is 7.05 Å². The second kappa shape index (κ2) is 9.94. The lowest BCUT2D eigenvalue weighted by molar-refractivity contribution is 0.0697. The van der Waals surface area contributed by atoms with Crippen LogP contribution in [0.2, 0.25) is 0 Å². The van der Waals surface area contributed by atoms with E-state index in [4.69, 9.17) is 4.74 Å². The number of carboxylic acid groups (broad SMARTS) is 1. The number of fused-ring (bicyclic) bond motifs is 1. The molecule has 0 saturated heterocycles. The number of anilines is 1. The fraction of sp³-hybridized carbons (Fsp3) is 0.111. The third-order valence-electron chi connectivity index (χ3n) is 6.06. The number of sulfone groups is 1. The molecule has 5 aromatic rings. The fourth-order valence-corrected chi connectivity index (χ4v) is 5.62. The monoisotopic (exact) mass is 529 g/mol. The van der Waals surface area contributed by atoms with Gasteiger partial charge in [0.2, 0.25) is 9.84 Å². The molecule has 38 heavy (non-hydrogen) atoms. The fourth-order valence-electron chi connectivity index (χ4n) is 4.21. The third-order valence-corrected chi connectivity index (χ3v) is 7.83. The minimum absolute atomic E-state index is 0.0128. The van der Waals surface area contributed by atoms with Gasteiger partial charge in [0.15, 0.2) is 10.7 Å². The Hall–Kier alpha value is -4.77. The molecule has 3 aromatic heterocycles. The number of carboxylic acids is 1. The van der Waals surface area contributed by atoms with Crippen molar-refractivity contribution in [2.45, 2.75) is 16.5 Å². The first-order valence-electron chi connectivity index (χ1n) is 11.5. The van der Waals surface area contributed by atoms with Crippen LogP contribution in [0.5, 0.6) is 5.75 Å². The lowest BCUT2D eigenvalue weighted by Crippen LogP contribution is -2.13. The number of methoxy groups -OCH3 is 1. The number of aromatic carboxylic acids is 1. The second-order valence-electron chi connectivity index (χ2n) is 8.39. The molecule has 0 aliphatic rings. The van der Waals surface area contributed by atoms with Gasteiger partial charge >= 0.3 is 5.97 Å². The summed E-state index contributed by atoms with van der Waals surface area (Å²) in [5.74, 6) is -0.650. The Kier molecular flexibility index (Phi) is 6.52. The molecule has 0 saturated carbocycles. The summed E-state index contributed by atoms with van der Waals surface area (Å²) < 4.78 is 33.6. The number of hydrogen-bond acceptors (Lipinski definition) is 8. The average molecular weight is 530 g/mol. The zero-order chi connectivity index (χ0) is 26.9. The largest absolute Gasteiger partial charge is 0.497 e. The van der Waals surface area contributed by atoms with Crippen LogP contribution in [0, 0.1) is 0 Å². The standard InChI is InChI=1S/C27H23N5O5S/c1-32-25-22(23(31-32)17-7-4-3-5-8-17)24(21(16-30-25)27(33)34)29-15-18-9-6-14-28-26(18)38(35,36)20-12-10-19(37-2)11-13-20/h3-14,16H,15H2,1-2H3,(H,29,30)(H,33,34). The van der Waals surface area contributed by atoms with Crippen molar-refractivity contribution in [3.63, 3.8) is 0 Å². The van der Waals surface area contributed by atoms with Crippen molar-refractivity contribution in [1.82, 2.24) is 19.7 Å². The number of pyridine rings is 2. The van der Waals surface area contributed by atoms with Gasteiger partial charge in [-0.05, 0) is 30.3 Å². The number of nitrogens with one attached hydrogen (secondary N) is 1. The maximum absolute atomic E-state index is 13.4. The Labute approximate surface area is 218 Å². The van der Waals surface area contributed by atoms with E-state index in [1.54, 1.807) is 36.0 Å². The third kappa shape index (κ3) is 4.43. The Balaban J connectivity index is 1.60. The summed E-state index contributed by atoms with van der Waals surface area (Å²) in [5, 5.41) is 18.1. The highest BCUT2D eigenvalue weighted by Gasteiger charge is 2.25. The van der Waals surface area contributed by atoms with Gasteiger partial charge in [-0.25, -0.2) is 27.9 Å². The van der Waals surface area contributed by atoms with Gasteiger partial charge in [-0.15, -0.1) is 0 Å². The van der Waals surface area contributed by atoms with Gasteiger partial charge < -0.3 is 15.2 Å². The van der Waals surface area contributed by atoms with Gasteiger partial charge in [-0.1, -0.05) is 36.4 Å². The molecule has 0 aliphatic carbocycles. The van der Waals surface area contributed by atoms with E-state index < -0.39 is 15.8 Å². The zero-order valence-corrected chi connectivity index (χ0v) is 21.3. The summed E-state index contributed by atoms with van der Waals surface area (Å²) in [6, 6.07) is 18.7. The van der Waals surface area contributed by atoms with Gasteiger partial charge in [0, 0.05) is 37.1 Å². The van der Waals surface area contributed by atoms with E-state index in [0.717, 1.165) is 5.56 Å². The molecule has 0 aliphatic heterocycles. The molecule has 0 fully saturated rings. The van der Waals surface area contributed by atoms with Gasteiger partial charge in [-0.2, -0.15) is 5.10 Å². The lowest BCUT2D eigenvalue weighted by Gasteiger charge is -2.14. The van der Waals surface area contributed by atoms with Gasteiger partial charge in [-0.3, -0.25) is 0 Å². The van der Waals surface area contributed by atoms with Crippen molar-refractivity contribution >= 4 is 32.5 Å². The number of aromatic nitrogens is 4. The van der Waals surface area contributed by atoms with E-state index in [2.05, 4.69) is 20.4 Å². The second-order valence-corrected chi connectivity index (χ2v) is 10.3. The van der Waals surface area contributed by atoms with Crippen molar-refractivity contribution in [2.75, 3.05) is 12.4 Å². The van der Waals surface area contributed by atoms with Gasteiger partial charge in [0.1, 0.15) is 17.0 Å². The van der Waals surface area contributed by atoms with E-state index >= 15 is 0 Å². The number of ether oxygens (including phenoxy) is 1. The molecule has 10 nitrogen and oxygen atoms in total. The molecule has 5 rings (SSSR count). The molecular formula is C27H23N5O5S. The molecule has 0 spiro atoms. The van der Waals surface area contributed by atoms with E-state index in [9.17, 15) is 18.3 Å². The van der Waals surface area contributed by atoms with E-state index in [1.165, 1.54) is 31.6 Å². The van der Waals surface area contributed by atoms with E-state index in [0.29, 0.717) is 28.0 Å². The smallest absolute Gasteiger partial charge is 0.339 e. The molecule has 0 atom stereocenters. The quantitative estimate of drug-likeness (QED) is 0.303. The van der Waals surface area contributed by atoms with Crippen molar-refractivity contribution in [3.05, 3.63) is 90.3 Å². The molecule has 192 valence electrons. The predicted molar refractivity (Wildman–Crippen MR) is 141 cm³/mol. The van der Waals surface area contributed by atoms with Crippen molar-refractivity contribution < 1.29 is 23.1 Å². The maximum atomic E-state index is 13.4. The molecule has 0 bridgehead atoms. The molecule has 0 amide bonds. The van der Waals surface area contributed by atoms with Crippen LogP contribution in [0.4, 0.5) is 5.69 Å². The first kappa shape index (κ1) is 24.9. The Morgan fingerprint density at radius 3 is 2.45 bits per heavy atom. The Morgan fingerprint density at radius 1 is 1.03 bits per heavy atom. The van der Waals surface area contributed by atoms with Crippen LogP contribution in [-0.2, 0) is 23.4 Å². The Bertz CT molecular complexity index is 1750. The summed E-state index contributed by atoms with van der Waals surface area (Å²) in [7, 11) is -0.739. The van der Waals surface area contributed by atoms with Crippen LogP contribution >= 0.6 is 0 Å². The highest BCUT2D eigenvalue weighted by molar-refractivity contribution is 7.91. The van der Waals surface area contributed by atoms with Crippen LogP contribution in [-0.4, -0.2) is 46.4 Å². The first-order chi connectivity index (χ1) is 18.3. The minimum atomic E-state index is -3.97. The lowest BCUT2D eigenvalue weighted by atomic mass is 10.1. The highest BCUT2D eigenvalue weighted by atomic mass is 32.2. The summed E-state index contributed by atoms with van der Waals surface area (Å²) >= 11 is 0. The summed E-state index contributed by atoms with van der Waals surface area (Å²) in [6.45, 7) is -0.0128. The minimum Gasteiger partial charge on any atom is -0.497 e. The summed E-state index contributed by atoms with van der Waals surface area (Å²) in [6.07, 6.45) is 2.67. The van der Waals surface area contributed by atoms with Crippen LogP contribution < -0.4 is 10.1 Å². The van der Waals surface area contributed by atoms with Crippen LogP contribution in [0.3, 0.4) is 0 Å². The zero-order valence-electron chi connectivity index (χ0n) is 20.5. The van der Waals surface area contributed by atoms with Gasteiger partial charge in [0.05, 0.1) is 23.1 Å².